The molecule has 1 unspecified atom stereocenters. The third kappa shape index (κ3) is 4.16. The molecule has 0 radical (unpaired) electrons. The zero-order valence-electron chi connectivity index (χ0n) is 8.87. The lowest BCUT2D eigenvalue weighted by atomic mass is 10.1. The molecule has 0 heterocycles. The Morgan fingerprint density at radius 1 is 1.62 bits per heavy atom. The van der Waals surface area contributed by atoms with E-state index < -0.39 is 0 Å². The van der Waals surface area contributed by atoms with Crippen molar-refractivity contribution >= 4 is 34.7 Å². The van der Waals surface area contributed by atoms with Crippen LogP contribution in [0.15, 0.2) is 24.3 Å². The van der Waals surface area contributed by atoms with Gasteiger partial charge >= 0.3 is 0 Å². The van der Waals surface area contributed by atoms with Crippen LogP contribution in [0.5, 0.6) is 0 Å². The van der Waals surface area contributed by atoms with E-state index in [1.165, 1.54) is 0 Å². The second-order valence-corrected chi connectivity index (χ2v) is 4.45. The first-order chi connectivity index (χ1) is 7.49. The first kappa shape index (κ1) is 12.9. The van der Waals surface area contributed by atoms with Crippen molar-refractivity contribution in [1.82, 2.24) is 5.32 Å². The molecule has 0 aliphatic heterocycles. The molecule has 0 aliphatic rings. The lowest BCUT2D eigenvalue weighted by Gasteiger charge is -2.14. The summed E-state index contributed by atoms with van der Waals surface area (Å²) in [4.78, 5) is 11.6. The van der Waals surface area contributed by atoms with Gasteiger partial charge in [-0.25, -0.2) is 0 Å². The fourth-order valence-electron chi connectivity index (χ4n) is 1.31. The van der Waals surface area contributed by atoms with E-state index in [9.17, 15) is 4.79 Å². The van der Waals surface area contributed by atoms with Crippen molar-refractivity contribution in [1.29, 1.82) is 0 Å². The Balaban J connectivity index is 2.62. The predicted molar refractivity (Wildman–Crippen MR) is 69.4 cm³/mol. The number of hydrogen-bond acceptors (Lipinski definition) is 2. The zero-order chi connectivity index (χ0) is 12.1. The zero-order valence-corrected chi connectivity index (χ0v) is 10.4. The topological polar surface area (TPSA) is 55.1 Å². The van der Waals surface area contributed by atoms with Crippen molar-refractivity contribution < 1.29 is 4.79 Å². The number of amides is 1. The molecule has 1 aromatic carbocycles. The molecule has 86 valence electrons. The van der Waals surface area contributed by atoms with Crippen LogP contribution in [0.3, 0.4) is 0 Å². The molecule has 0 saturated heterocycles. The maximum atomic E-state index is 11.4. The van der Waals surface area contributed by atoms with Gasteiger partial charge in [0.2, 0.25) is 5.91 Å². The summed E-state index contributed by atoms with van der Waals surface area (Å²) < 4.78 is 0. The van der Waals surface area contributed by atoms with Crippen LogP contribution in [0.4, 0.5) is 0 Å². The first-order valence-electron chi connectivity index (χ1n) is 4.82. The van der Waals surface area contributed by atoms with Crippen molar-refractivity contribution in [3.63, 3.8) is 0 Å². The highest BCUT2D eigenvalue weighted by molar-refractivity contribution is 7.80. The SMILES string of the molecule is CC(NC(=O)CC(N)=S)c1cccc(Cl)c1. The van der Waals surface area contributed by atoms with Crippen LogP contribution in [-0.4, -0.2) is 10.9 Å². The number of thiocarbonyl (C=S) groups is 1. The number of hydrogen-bond donors (Lipinski definition) is 2. The lowest BCUT2D eigenvalue weighted by Crippen LogP contribution is -2.29. The number of carbonyl (C=O) groups is 1. The number of carbonyl (C=O) groups excluding carboxylic acids is 1. The highest BCUT2D eigenvalue weighted by atomic mass is 35.5. The molecule has 5 heteroatoms. The van der Waals surface area contributed by atoms with E-state index in [2.05, 4.69) is 17.5 Å². The Morgan fingerprint density at radius 2 is 2.31 bits per heavy atom. The predicted octanol–water partition coefficient (Wildman–Crippen LogP) is 2.19. The summed E-state index contributed by atoms with van der Waals surface area (Å²) in [6, 6.07) is 7.23. The molecule has 0 aliphatic carbocycles. The molecule has 3 nitrogen and oxygen atoms in total. The monoisotopic (exact) mass is 256 g/mol. The summed E-state index contributed by atoms with van der Waals surface area (Å²) in [7, 11) is 0. The van der Waals surface area contributed by atoms with E-state index in [-0.39, 0.29) is 23.4 Å². The fraction of sp³-hybridized carbons (Fsp3) is 0.273. The van der Waals surface area contributed by atoms with E-state index in [4.69, 9.17) is 17.3 Å². The molecular weight excluding hydrogens is 244 g/mol. The molecule has 0 bridgehead atoms. The van der Waals surface area contributed by atoms with Crippen LogP contribution in [0.2, 0.25) is 5.02 Å². The van der Waals surface area contributed by atoms with E-state index in [1.807, 2.05) is 25.1 Å². The Hall–Kier alpha value is -1.13. The van der Waals surface area contributed by atoms with E-state index >= 15 is 0 Å². The standard InChI is InChI=1S/C11H13ClN2OS/c1-7(14-11(15)6-10(13)16)8-3-2-4-9(12)5-8/h2-5,7H,6H2,1H3,(H2,13,16)(H,14,15). The van der Waals surface area contributed by atoms with Gasteiger partial charge in [-0.1, -0.05) is 36.0 Å². The van der Waals surface area contributed by atoms with Gasteiger partial charge in [0.1, 0.15) is 0 Å². The lowest BCUT2D eigenvalue weighted by molar-refractivity contribution is -0.120. The Morgan fingerprint density at radius 3 is 2.88 bits per heavy atom. The molecule has 0 saturated carbocycles. The molecule has 16 heavy (non-hydrogen) atoms. The van der Waals surface area contributed by atoms with Gasteiger partial charge in [0.15, 0.2) is 0 Å². The average Bonchev–Trinajstić information content (AvgIpc) is 2.16. The molecule has 0 fully saturated rings. The molecule has 1 aromatic rings. The van der Waals surface area contributed by atoms with Crippen molar-refractivity contribution in [3.8, 4) is 0 Å². The summed E-state index contributed by atoms with van der Waals surface area (Å²) in [6.45, 7) is 1.88. The van der Waals surface area contributed by atoms with Gasteiger partial charge in [-0.2, -0.15) is 0 Å². The van der Waals surface area contributed by atoms with Gasteiger partial charge in [0.05, 0.1) is 17.5 Å². The molecule has 3 N–H and O–H groups in total. The van der Waals surface area contributed by atoms with Gasteiger partial charge in [0, 0.05) is 5.02 Å². The molecule has 0 spiro atoms. The second kappa shape index (κ2) is 5.82. The smallest absolute Gasteiger partial charge is 0.227 e. The summed E-state index contributed by atoms with van der Waals surface area (Å²) in [5.41, 5.74) is 6.23. The molecule has 0 aromatic heterocycles. The Labute approximate surface area is 105 Å². The van der Waals surface area contributed by atoms with E-state index in [0.717, 1.165) is 5.56 Å². The number of nitrogens with one attached hydrogen (secondary N) is 1. The minimum Gasteiger partial charge on any atom is -0.393 e. The van der Waals surface area contributed by atoms with Crippen molar-refractivity contribution in [3.05, 3.63) is 34.9 Å². The van der Waals surface area contributed by atoms with Crippen molar-refractivity contribution in [2.45, 2.75) is 19.4 Å². The van der Waals surface area contributed by atoms with Crippen LogP contribution in [0, 0.1) is 0 Å². The molecular formula is C11H13ClN2OS. The fourth-order valence-corrected chi connectivity index (χ4v) is 1.64. The molecule has 1 rings (SSSR count). The summed E-state index contributed by atoms with van der Waals surface area (Å²) >= 11 is 10.5. The Bertz CT molecular complexity index is 409. The van der Waals surface area contributed by atoms with Crippen LogP contribution in [-0.2, 0) is 4.79 Å². The highest BCUT2D eigenvalue weighted by Gasteiger charge is 2.10. The highest BCUT2D eigenvalue weighted by Crippen LogP contribution is 2.17. The summed E-state index contributed by atoms with van der Waals surface area (Å²) in [6.07, 6.45) is 0.0697. The average molecular weight is 257 g/mol. The van der Waals surface area contributed by atoms with E-state index in [0.29, 0.717) is 5.02 Å². The number of rotatable bonds is 4. The van der Waals surface area contributed by atoms with Crippen LogP contribution >= 0.6 is 23.8 Å². The van der Waals surface area contributed by atoms with Gasteiger partial charge in [-0.05, 0) is 24.6 Å². The van der Waals surface area contributed by atoms with Gasteiger partial charge in [-0.15, -0.1) is 0 Å². The van der Waals surface area contributed by atoms with Gasteiger partial charge in [0.25, 0.3) is 0 Å². The van der Waals surface area contributed by atoms with E-state index in [1.54, 1.807) is 6.07 Å². The van der Waals surface area contributed by atoms with Crippen LogP contribution in [0.1, 0.15) is 24.9 Å². The molecule has 1 amide bonds. The van der Waals surface area contributed by atoms with Gasteiger partial charge < -0.3 is 11.1 Å². The normalized spacial score (nSPS) is 11.9. The van der Waals surface area contributed by atoms with Crippen molar-refractivity contribution in [2.75, 3.05) is 0 Å². The van der Waals surface area contributed by atoms with Gasteiger partial charge in [-0.3, -0.25) is 4.79 Å². The number of benzene rings is 1. The number of halogens is 1. The molecule has 1 atom stereocenters. The maximum absolute atomic E-state index is 11.4. The Kier molecular flexibility index (Phi) is 4.71. The first-order valence-corrected chi connectivity index (χ1v) is 5.61. The minimum atomic E-state index is -0.181. The summed E-state index contributed by atoms with van der Waals surface area (Å²) in [5, 5.41) is 3.44. The van der Waals surface area contributed by atoms with Crippen LogP contribution in [0.25, 0.3) is 0 Å². The summed E-state index contributed by atoms with van der Waals surface area (Å²) in [5.74, 6) is -0.181. The maximum Gasteiger partial charge on any atom is 0.227 e. The number of nitrogens with two attached hydrogens (primary N) is 1. The second-order valence-electron chi connectivity index (χ2n) is 3.49. The third-order valence-electron chi connectivity index (χ3n) is 2.06. The largest absolute Gasteiger partial charge is 0.393 e. The van der Waals surface area contributed by atoms with Crippen LogP contribution < -0.4 is 11.1 Å². The third-order valence-corrected chi connectivity index (χ3v) is 2.44. The van der Waals surface area contributed by atoms with Crippen molar-refractivity contribution in [2.24, 2.45) is 5.73 Å². The minimum absolute atomic E-state index is 0.0697. The quantitative estimate of drug-likeness (QED) is 0.812.